The lowest BCUT2D eigenvalue weighted by Gasteiger charge is -2.30. The minimum atomic E-state index is 0.117. The number of likely N-dealkylation sites (N-methyl/N-ethyl adjacent to an activating group) is 1. The first-order valence-corrected chi connectivity index (χ1v) is 8.76. The molecule has 2 aliphatic rings. The predicted octanol–water partition coefficient (Wildman–Crippen LogP) is 2.77. The molecule has 2 unspecified atom stereocenters. The molecule has 1 aromatic rings. The van der Waals surface area contributed by atoms with E-state index in [4.69, 9.17) is 0 Å². The zero-order chi connectivity index (χ0) is 13.9. The van der Waals surface area contributed by atoms with Gasteiger partial charge in [-0.3, -0.25) is 4.79 Å². The largest absolute Gasteiger partial charge is 0.341 e. The van der Waals surface area contributed by atoms with Crippen LogP contribution in [0.5, 0.6) is 0 Å². The highest BCUT2D eigenvalue weighted by Gasteiger charge is 2.31. The average molecular weight is 292 g/mol. The molecule has 1 aliphatic carbocycles. The van der Waals surface area contributed by atoms with Crippen molar-refractivity contribution >= 4 is 17.2 Å². The number of nitrogens with zero attached hydrogens (tertiary/aromatic N) is 1. The van der Waals surface area contributed by atoms with Crippen molar-refractivity contribution in [1.82, 2.24) is 10.2 Å². The highest BCUT2D eigenvalue weighted by molar-refractivity contribution is 7.10. The van der Waals surface area contributed by atoms with E-state index in [1.165, 1.54) is 23.3 Å². The van der Waals surface area contributed by atoms with Crippen LogP contribution in [-0.4, -0.2) is 36.5 Å². The van der Waals surface area contributed by atoms with Crippen LogP contribution in [0.1, 0.15) is 49.0 Å². The van der Waals surface area contributed by atoms with Gasteiger partial charge in [0.1, 0.15) is 0 Å². The van der Waals surface area contributed by atoms with E-state index in [0.29, 0.717) is 11.9 Å². The van der Waals surface area contributed by atoms with Gasteiger partial charge in [0.15, 0.2) is 0 Å². The van der Waals surface area contributed by atoms with Crippen molar-refractivity contribution in [3.63, 3.8) is 0 Å². The average Bonchev–Trinajstić information content (AvgIpc) is 3.14. The van der Waals surface area contributed by atoms with Crippen LogP contribution in [0.2, 0.25) is 0 Å². The molecule has 2 atom stereocenters. The van der Waals surface area contributed by atoms with Gasteiger partial charge < -0.3 is 10.2 Å². The van der Waals surface area contributed by atoms with E-state index in [-0.39, 0.29) is 5.92 Å². The molecule has 1 aromatic heterocycles. The van der Waals surface area contributed by atoms with Crippen molar-refractivity contribution < 1.29 is 4.79 Å². The van der Waals surface area contributed by atoms with Crippen molar-refractivity contribution in [2.24, 2.45) is 0 Å². The van der Waals surface area contributed by atoms with E-state index in [1.54, 1.807) is 0 Å². The summed E-state index contributed by atoms with van der Waals surface area (Å²) in [5, 5.41) is 5.65. The van der Waals surface area contributed by atoms with Gasteiger partial charge >= 0.3 is 0 Å². The zero-order valence-electron chi connectivity index (χ0n) is 12.2. The molecule has 0 bridgehead atoms. The molecule has 1 fully saturated rings. The van der Waals surface area contributed by atoms with E-state index in [1.807, 2.05) is 11.3 Å². The fourth-order valence-electron chi connectivity index (χ4n) is 3.52. The molecule has 1 N–H and O–H groups in total. The summed E-state index contributed by atoms with van der Waals surface area (Å²) >= 11 is 1.82. The number of hydrogen-bond acceptors (Lipinski definition) is 3. The van der Waals surface area contributed by atoms with E-state index in [0.717, 1.165) is 38.9 Å². The Morgan fingerprint density at radius 3 is 3.10 bits per heavy atom. The van der Waals surface area contributed by atoms with E-state index >= 15 is 0 Å². The Morgan fingerprint density at radius 2 is 2.35 bits per heavy atom. The van der Waals surface area contributed by atoms with E-state index < -0.39 is 0 Å². The highest BCUT2D eigenvalue weighted by atomic mass is 32.1. The van der Waals surface area contributed by atoms with Crippen LogP contribution in [-0.2, 0) is 11.2 Å². The number of aryl methyl sites for hydroxylation is 1. The molecule has 110 valence electrons. The third-order valence-electron chi connectivity index (χ3n) is 4.65. The number of nitrogens with one attached hydrogen (secondary N) is 1. The molecule has 1 saturated heterocycles. The molecule has 0 radical (unpaired) electrons. The van der Waals surface area contributed by atoms with Gasteiger partial charge in [-0.1, -0.05) is 0 Å². The molecule has 1 aliphatic heterocycles. The Morgan fingerprint density at radius 1 is 1.45 bits per heavy atom. The first-order valence-electron chi connectivity index (χ1n) is 7.88. The summed E-state index contributed by atoms with van der Waals surface area (Å²) in [6.07, 6.45) is 5.79. The number of fused-ring (bicyclic) bond motifs is 1. The van der Waals surface area contributed by atoms with Gasteiger partial charge in [-0.25, -0.2) is 0 Å². The smallest absolute Gasteiger partial charge is 0.230 e. The minimum Gasteiger partial charge on any atom is -0.341 e. The maximum absolute atomic E-state index is 12.9. The molecule has 4 heteroatoms. The molecule has 0 saturated carbocycles. The van der Waals surface area contributed by atoms with Crippen LogP contribution in [0.15, 0.2) is 11.4 Å². The number of rotatable bonds is 4. The van der Waals surface area contributed by atoms with Gasteiger partial charge in [-0.05, 0) is 62.6 Å². The molecule has 2 heterocycles. The Bertz CT molecular complexity index is 465. The molecule has 3 rings (SSSR count). The summed E-state index contributed by atoms with van der Waals surface area (Å²) < 4.78 is 0. The first-order chi connectivity index (χ1) is 9.79. The van der Waals surface area contributed by atoms with Crippen LogP contribution >= 0.6 is 11.3 Å². The van der Waals surface area contributed by atoms with Crippen molar-refractivity contribution in [3.05, 3.63) is 21.9 Å². The Balaban J connectivity index is 1.71. The number of carbonyl (C=O) groups excluding carboxylic acids is 1. The lowest BCUT2D eigenvalue weighted by molar-refractivity contribution is -0.133. The zero-order valence-corrected chi connectivity index (χ0v) is 13.0. The second-order valence-corrected chi connectivity index (χ2v) is 6.91. The third-order valence-corrected chi connectivity index (χ3v) is 5.64. The van der Waals surface area contributed by atoms with Crippen LogP contribution < -0.4 is 5.32 Å². The quantitative estimate of drug-likeness (QED) is 0.925. The summed E-state index contributed by atoms with van der Waals surface area (Å²) in [6, 6.07) is 2.67. The highest BCUT2D eigenvalue weighted by Crippen LogP contribution is 2.36. The molecule has 0 spiro atoms. The summed E-state index contributed by atoms with van der Waals surface area (Å²) in [6.45, 7) is 4.91. The molecule has 1 amide bonds. The maximum atomic E-state index is 12.9. The van der Waals surface area contributed by atoms with E-state index in [2.05, 4.69) is 28.6 Å². The Kier molecular flexibility index (Phi) is 4.41. The summed E-state index contributed by atoms with van der Waals surface area (Å²) in [5.74, 6) is 0.465. The summed E-state index contributed by atoms with van der Waals surface area (Å²) in [7, 11) is 0. The normalized spacial score (nSPS) is 25.4. The van der Waals surface area contributed by atoms with Gasteiger partial charge in [-0.2, -0.15) is 0 Å². The van der Waals surface area contributed by atoms with Crippen molar-refractivity contribution in [3.8, 4) is 0 Å². The molecular formula is C16H24N2OS. The van der Waals surface area contributed by atoms with Gasteiger partial charge in [-0.15, -0.1) is 11.3 Å². The maximum Gasteiger partial charge on any atom is 0.230 e. The van der Waals surface area contributed by atoms with Crippen LogP contribution in [0, 0.1) is 0 Å². The summed E-state index contributed by atoms with van der Waals surface area (Å²) in [4.78, 5) is 16.4. The number of hydrogen-bond donors (Lipinski definition) is 1. The molecule has 0 aromatic carbocycles. The predicted molar refractivity (Wildman–Crippen MR) is 83.3 cm³/mol. The topological polar surface area (TPSA) is 32.3 Å². The van der Waals surface area contributed by atoms with Gasteiger partial charge in [0.25, 0.3) is 0 Å². The first kappa shape index (κ1) is 14.1. The Labute approximate surface area is 125 Å². The van der Waals surface area contributed by atoms with E-state index in [9.17, 15) is 4.79 Å². The monoisotopic (exact) mass is 292 g/mol. The third kappa shape index (κ3) is 2.77. The lowest BCUT2D eigenvalue weighted by atomic mass is 9.86. The van der Waals surface area contributed by atoms with Gasteiger partial charge in [0.2, 0.25) is 5.91 Å². The van der Waals surface area contributed by atoms with Crippen LogP contribution in [0.3, 0.4) is 0 Å². The fourth-order valence-corrected chi connectivity index (χ4v) is 4.50. The standard InChI is InChI=1S/C16H24N2OS/c1-2-18(11-12-5-4-9-17-12)16(19)14-6-3-7-15-13(14)8-10-20-15/h8,10,12,14,17H,2-7,9,11H2,1H3. The Hall–Kier alpha value is -0.870. The molecule has 20 heavy (non-hydrogen) atoms. The van der Waals surface area contributed by atoms with Gasteiger partial charge in [0, 0.05) is 24.0 Å². The van der Waals surface area contributed by atoms with Gasteiger partial charge in [0.05, 0.1) is 5.92 Å². The fraction of sp³-hybridized carbons (Fsp3) is 0.688. The van der Waals surface area contributed by atoms with Crippen LogP contribution in [0.25, 0.3) is 0 Å². The second-order valence-electron chi connectivity index (χ2n) is 5.91. The van der Waals surface area contributed by atoms with Crippen molar-refractivity contribution in [2.75, 3.05) is 19.6 Å². The molecular weight excluding hydrogens is 268 g/mol. The second kappa shape index (κ2) is 6.27. The molecule has 3 nitrogen and oxygen atoms in total. The number of thiophene rings is 1. The minimum absolute atomic E-state index is 0.117. The van der Waals surface area contributed by atoms with Crippen molar-refractivity contribution in [1.29, 1.82) is 0 Å². The van der Waals surface area contributed by atoms with Crippen molar-refractivity contribution in [2.45, 2.75) is 51.0 Å². The lowest BCUT2D eigenvalue weighted by Crippen LogP contribution is -2.43. The number of amides is 1. The number of carbonyl (C=O) groups is 1. The van der Waals surface area contributed by atoms with Crippen LogP contribution in [0.4, 0.5) is 0 Å². The summed E-state index contributed by atoms with van der Waals surface area (Å²) in [5.41, 5.74) is 1.31. The SMILES string of the molecule is CCN(CC1CCCN1)C(=O)C1CCCc2sccc21.